The number of carbonyl (C=O) groups excluding carboxylic acids is 3. The number of fused-ring (bicyclic) bond motifs is 1. The Labute approximate surface area is 179 Å². The van der Waals surface area contributed by atoms with Crippen molar-refractivity contribution in [2.75, 3.05) is 11.9 Å². The second-order valence-corrected chi connectivity index (χ2v) is 8.16. The van der Waals surface area contributed by atoms with Gasteiger partial charge in [-0.15, -0.1) is 11.3 Å². The SMILES string of the molecule is CCOC(=O)c1c(NC(=O)[C@H](C)NC(=O)OCc2ccccc2)sc2c1CCCC2. The van der Waals surface area contributed by atoms with Crippen LogP contribution in [0.2, 0.25) is 0 Å². The summed E-state index contributed by atoms with van der Waals surface area (Å²) in [6.07, 6.45) is 3.08. The van der Waals surface area contributed by atoms with Crippen molar-refractivity contribution in [2.24, 2.45) is 0 Å². The first kappa shape index (κ1) is 21.8. The van der Waals surface area contributed by atoms with Crippen LogP contribution in [0.25, 0.3) is 0 Å². The summed E-state index contributed by atoms with van der Waals surface area (Å²) < 4.78 is 10.4. The molecular weight excluding hydrogens is 404 g/mol. The van der Waals surface area contributed by atoms with E-state index in [9.17, 15) is 14.4 Å². The molecule has 0 bridgehead atoms. The first-order valence-corrected chi connectivity index (χ1v) is 10.9. The van der Waals surface area contributed by atoms with Crippen LogP contribution in [0.3, 0.4) is 0 Å². The van der Waals surface area contributed by atoms with E-state index in [1.807, 2.05) is 30.3 Å². The number of nitrogens with one attached hydrogen (secondary N) is 2. The summed E-state index contributed by atoms with van der Waals surface area (Å²) in [5.74, 6) is -0.842. The first-order chi connectivity index (χ1) is 14.5. The number of anilines is 1. The molecule has 0 radical (unpaired) electrons. The lowest BCUT2D eigenvalue weighted by Gasteiger charge is -2.15. The lowest BCUT2D eigenvalue weighted by molar-refractivity contribution is -0.117. The van der Waals surface area contributed by atoms with E-state index in [0.717, 1.165) is 41.7 Å². The Morgan fingerprint density at radius 1 is 1.10 bits per heavy atom. The molecule has 0 saturated heterocycles. The molecule has 160 valence electrons. The minimum atomic E-state index is -0.831. The largest absolute Gasteiger partial charge is 0.462 e. The van der Waals surface area contributed by atoms with E-state index in [1.165, 1.54) is 11.3 Å². The maximum absolute atomic E-state index is 12.6. The van der Waals surface area contributed by atoms with Gasteiger partial charge in [-0.1, -0.05) is 30.3 Å². The normalized spacial score (nSPS) is 13.7. The second-order valence-electron chi connectivity index (χ2n) is 7.05. The van der Waals surface area contributed by atoms with Crippen molar-refractivity contribution in [3.63, 3.8) is 0 Å². The van der Waals surface area contributed by atoms with Gasteiger partial charge in [0, 0.05) is 4.88 Å². The van der Waals surface area contributed by atoms with Crippen LogP contribution in [-0.4, -0.2) is 30.6 Å². The van der Waals surface area contributed by atoms with Crippen LogP contribution in [0.5, 0.6) is 0 Å². The molecule has 0 unspecified atom stereocenters. The van der Waals surface area contributed by atoms with Crippen LogP contribution in [0.1, 0.15) is 53.1 Å². The molecule has 3 rings (SSSR count). The Balaban J connectivity index is 1.62. The van der Waals surface area contributed by atoms with E-state index in [-0.39, 0.29) is 13.2 Å². The number of thiophene rings is 1. The van der Waals surface area contributed by atoms with Gasteiger partial charge in [0.25, 0.3) is 0 Å². The predicted octanol–water partition coefficient (Wildman–Crippen LogP) is 4.06. The Morgan fingerprint density at radius 3 is 2.57 bits per heavy atom. The van der Waals surface area contributed by atoms with Crippen LogP contribution in [0.15, 0.2) is 30.3 Å². The third kappa shape index (κ3) is 5.38. The number of amides is 2. The van der Waals surface area contributed by atoms with Gasteiger partial charge >= 0.3 is 12.1 Å². The number of ether oxygens (including phenoxy) is 2. The Kier molecular flexibility index (Phi) is 7.46. The molecule has 0 saturated carbocycles. The number of rotatable bonds is 7. The summed E-state index contributed by atoms with van der Waals surface area (Å²) in [5.41, 5.74) is 2.28. The monoisotopic (exact) mass is 430 g/mol. The molecule has 2 N–H and O–H groups in total. The number of hydrogen-bond acceptors (Lipinski definition) is 6. The topological polar surface area (TPSA) is 93.7 Å². The predicted molar refractivity (Wildman–Crippen MR) is 115 cm³/mol. The molecule has 1 atom stereocenters. The first-order valence-electron chi connectivity index (χ1n) is 10.1. The average molecular weight is 431 g/mol. The quantitative estimate of drug-likeness (QED) is 0.646. The summed E-state index contributed by atoms with van der Waals surface area (Å²) >= 11 is 1.41. The Bertz CT molecular complexity index is 910. The lowest BCUT2D eigenvalue weighted by Crippen LogP contribution is -2.41. The fourth-order valence-corrected chi connectivity index (χ4v) is 4.58. The highest BCUT2D eigenvalue weighted by molar-refractivity contribution is 7.17. The molecule has 0 aliphatic heterocycles. The van der Waals surface area contributed by atoms with Crippen molar-refractivity contribution in [2.45, 2.75) is 52.2 Å². The Hall–Kier alpha value is -2.87. The molecule has 2 aromatic rings. The van der Waals surface area contributed by atoms with Gasteiger partial charge in [0.05, 0.1) is 12.2 Å². The van der Waals surface area contributed by atoms with Gasteiger partial charge in [-0.25, -0.2) is 9.59 Å². The number of aryl methyl sites for hydroxylation is 1. The molecule has 2 amide bonds. The summed E-state index contributed by atoms with van der Waals surface area (Å²) in [6.45, 7) is 3.70. The molecule has 1 heterocycles. The fourth-order valence-electron chi connectivity index (χ4n) is 3.30. The third-order valence-corrected chi connectivity index (χ3v) is 6.04. The van der Waals surface area contributed by atoms with Gasteiger partial charge < -0.3 is 20.1 Å². The van der Waals surface area contributed by atoms with Gasteiger partial charge in [0.2, 0.25) is 5.91 Å². The highest BCUT2D eigenvalue weighted by atomic mass is 32.1. The highest BCUT2D eigenvalue weighted by Crippen LogP contribution is 2.38. The molecule has 0 spiro atoms. The highest BCUT2D eigenvalue weighted by Gasteiger charge is 2.28. The van der Waals surface area contributed by atoms with Crippen LogP contribution < -0.4 is 10.6 Å². The van der Waals surface area contributed by atoms with E-state index in [0.29, 0.717) is 10.6 Å². The molecular formula is C22H26N2O5S. The van der Waals surface area contributed by atoms with Crippen LogP contribution >= 0.6 is 11.3 Å². The zero-order chi connectivity index (χ0) is 21.5. The van der Waals surface area contributed by atoms with Crippen LogP contribution in [0.4, 0.5) is 9.80 Å². The van der Waals surface area contributed by atoms with E-state index < -0.39 is 24.0 Å². The van der Waals surface area contributed by atoms with E-state index in [4.69, 9.17) is 9.47 Å². The smallest absolute Gasteiger partial charge is 0.408 e. The van der Waals surface area contributed by atoms with Gasteiger partial charge in [0.15, 0.2) is 0 Å². The molecule has 8 heteroatoms. The van der Waals surface area contributed by atoms with Crippen molar-refractivity contribution in [3.8, 4) is 0 Å². The maximum Gasteiger partial charge on any atom is 0.408 e. The van der Waals surface area contributed by atoms with Gasteiger partial charge in [0.1, 0.15) is 17.6 Å². The summed E-state index contributed by atoms with van der Waals surface area (Å²) in [7, 11) is 0. The van der Waals surface area contributed by atoms with Gasteiger partial charge in [-0.2, -0.15) is 0 Å². The summed E-state index contributed by atoms with van der Waals surface area (Å²) in [5, 5.41) is 5.80. The molecule has 1 aliphatic rings. The maximum atomic E-state index is 12.6. The average Bonchev–Trinajstić information content (AvgIpc) is 3.11. The lowest BCUT2D eigenvalue weighted by atomic mass is 9.95. The standard InChI is InChI=1S/C22H26N2O5S/c1-3-28-21(26)18-16-11-7-8-12-17(16)30-20(18)24-19(25)14(2)23-22(27)29-13-15-9-5-4-6-10-15/h4-6,9-10,14H,3,7-8,11-13H2,1-2H3,(H,23,27)(H,24,25)/t14-/m0/s1. The van der Waals surface area contributed by atoms with Crippen LogP contribution in [0, 0.1) is 0 Å². The van der Waals surface area contributed by atoms with Gasteiger partial charge in [-0.3, -0.25) is 4.79 Å². The van der Waals surface area contributed by atoms with E-state index in [2.05, 4.69) is 10.6 Å². The number of carbonyl (C=O) groups is 3. The number of hydrogen-bond donors (Lipinski definition) is 2. The third-order valence-electron chi connectivity index (χ3n) is 4.83. The molecule has 7 nitrogen and oxygen atoms in total. The van der Waals surface area contributed by atoms with E-state index in [1.54, 1.807) is 13.8 Å². The molecule has 1 aliphatic carbocycles. The summed E-state index contributed by atoms with van der Waals surface area (Å²) in [4.78, 5) is 38.3. The van der Waals surface area contributed by atoms with Crippen molar-refractivity contribution in [3.05, 3.63) is 51.9 Å². The zero-order valence-electron chi connectivity index (χ0n) is 17.2. The zero-order valence-corrected chi connectivity index (χ0v) is 18.0. The van der Waals surface area contributed by atoms with Crippen LogP contribution in [-0.2, 0) is 33.7 Å². The van der Waals surface area contributed by atoms with Crippen molar-refractivity contribution in [1.82, 2.24) is 5.32 Å². The van der Waals surface area contributed by atoms with Gasteiger partial charge in [-0.05, 0) is 50.7 Å². The molecule has 1 aromatic carbocycles. The summed E-state index contributed by atoms with van der Waals surface area (Å²) in [6, 6.07) is 8.45. The number of esters is 1. The van der Waals surface area contributed by atoms with Crippen molar-refractivity contribution in [1.29, 1.82) is 0 Å². The second kappa shape index (κ2) is 10.2. The number of alkyl carbamates (subject to hydrolysis) is 1. The Morgan fingerprint density at radius 2 is 1.83 bits per heavy atom. The number of benzene rings is 1. The van der Waals surface area contributed by atoms with Crippen molar-refractivity contribution < 1.29 is 23.9 Å². The fraction of sp³-hybridized carbons (Fsp3) is 0.409. The van der Waals surface area contributed by atoms with Crippen molar-refractivity contribution >= 4 is 34.3 Å². The van der Waals surface area contributed by atoms with E-state index >= 15 is 0 Å². The molecule has 0 fully saturated rings. The molecule has 30 heavy (non-hydrogen) atoms. The minimum absolute atomic E-state index is 0.117. The molecule has 1 aromatic heterocycles. The minimum Gasteiger partial charge on any atom is -0.462 e.